The average Bonchev–Trinajstić information content (AvgIpc) is 2.90. The number of hydrogen-bond donors (Lipinski definition) is 1. The molecule has 2 rings (SSSR count). The Balaban J connectivity index is 1.91. The minimum Gasteiger partial charge on any atom is -0.496 e. The molecular formula is C17H22N2O2. The van der Waals surface area contributed by atoms with Crippen molar-refractivity contribution in [2.24, 2.45) is 7.05 Å². The fraction of sp³-hybridized carbons (Fsp3) is 0.353. The number of methoxy groups -OCH3 is 1. The second-order valence-electron chi connectivity index (χ2n) is 5.22. The van der Waals surface area contributed by atoms with E-state index in [2.05, 4.69) is 16.0 Å². The van der Waals surface area contributed by atoms with Crippen molar-refractivity contribution < 1.29 is 9.53 Å². The molecule has 1 N–H and O–H groups in total. The van der Waals surface area contributed by atoms with Crippen LogP contribution in [0.5, 0.6) is 5.75 Å². The van der Waals surface area contributed by atoms with Crippen LogP contribution in [0.25, 0.3) is 0 Å². The van der Waals surface area contributed by atoms with Crippen molar-refractivity contribution in [2.45, 2.75) is 25.8 Å². The van der Waals surface area contributed by atoms with E-state index in [0.717, 1.165) is 12.8 Å². The van der Waals surface area contributed by atoms with E-state index in [0.29, 0.717) is 11.3 Å². The lowest BCUT2D eigenvalue weighted by Gasteiger charge is -2.15. The third kappa shape index (κ3) is 3.88. The number of hydrogen-bond acceptors (Lipinski definition) is 2. The van der Waals surface area contributed by atoms with E-state index < -0.39 is 0 Å². The molecule has 0 bridgehead atoms. The monoisotopic (exact) mass is 286 g/mol. The Bertz CT molecular complexity index is 604. The second-order valence-corrected chi connectivity index (χ2v) is 5.22. The smallest absolute Gasteiger partial charge is 0.255 e. The number of aromatic nitrogens is 1. The van der Waals surface area contributed by atoms with Crippen LogP contribution in [-0.4, -0.2) is 23.6 Å². The predicted molar refractivity (Wildman–Crippen MR) is 83.7 cm³/mol. The van der Waals surface area contributed by atoms with Crippen molar-refractivity contribution >= 4 is 5.91 Å². The molecule has 0 radical (unpaired) electrons. The van der Waals surface area contributed by atoms with E-state index in [1.54, 1.807) is 19.2 Å². The molecule has 1 aromatic carbocycles. The molecule has 2 aromatic rings. The van der Waals surface area contributed by atoms with Gasteiger partial charge in [-0.2, -0.15) is 0 Å². The van der Waals surface area contributed by atoms with Crippen molar-refractivity contribution in [3.63, 3.8) is 0 Å². The maximum atomic E-state index is 12.3. The maximum Gasteiger partial charge on any atom is 0.255 e. The highest BCUT2D eigenvalue weighted by atomic mass is 16.5. The number of carbonyl (C=O) groups is 1. The van der Waals surface area contributed by atoms with Gasteiger partial charge < -0.3 is 14.6 Å². The zero-order valence-corrected chi connectivity index (χ0v) is 12.8. The van der Waals surface area contributed by atoms with Crippen molar-refractivity contribution in [1.29, 1.82) is 0 Å². The van der Waals surface area contributed by atoms with Gasteiger partial charge in [-0.3, -0.25) is 4.79 Å². The zero-order chi connectivity index (χ0) is 15.2. The van der Waals surface area contributed by atoms with Crippen LogP contribution in [0.1, 0.15) is 29.4 Å². The molecule has 0 unspecified atom stereocenters. The summed E-state index contributed by atoms with van der Waals surface area (Å²) in [6, 6.07) is 11.5. The second kappa shape index (κ2) is 6.97. The van der Waals surface area contributed by atoms with E-state index >= 15 is 0 Å². The Morgan fingerprint density at radius 3 is 2.71 bits per heavy atom. The Morgan fingerprint density at radius 1 is 1.29 bits per heavy atom. The molecule has 0 aliphatic heterocycles. The quantitative estimate of drug-likeness (QED) is 0.887. The van der Waals surface area contributed by atoms with Crippen LogP contribution in [0.15, 0.2) is 42.6 Å². The molecule has 1 heterocycles. The standard InChI is InChI=1S/C17H22N2O2/c1-13(10-11-14-7-6-12-19(14)2)18-17(20)15-8-4-5-9-16(15)21-3/h4-9,12-13H,10-11H2,1-3H3,(H,18,20)/t13-/m1/s1. The SMILES string of the molecule is COc1ccccc1C(=O)N[C@H](C)CCc1cccn1C. The number of aryl methyl sites for hydroxylation is 2. The Kier molecular flexibility index (Phi) is 5.04. The number of ether oxygens (including phenoxy) is 1. The van der Waals surface area contributed by atoms with Gasteiger partial charge in [-0.25, -0.2) is 0 Å². The highest BCUT2D eigenvalue weighted by Crippen LogP contribution is 2.17. The van der Waals surface area contributed by atoms with Crippen LogP contribution in [-0.2, 0) is 13.5 Å². The third-order valence-electron chi connectivity index (χ3n) is 3.61. The van der Waals surface area contributed by atoms with Gasteiger partial charge in [0, 0.05) is 25.0 Å². The maximum absolute atomic E-state index is 12.3. The fourth-order valence-electron chi connectivity index (χ4n) is 2.33. The molecule has 0 saturated heterocycles. The Morgan fingerprint density at radius 2 is 2.05 bits per heavy atom. The van der Waals surface area contributed by atoms with Crippen LogP contribution in [0.2, 0.25) is 0 Å². The molecule has 112 valence electrons. The van der Waals surface area contributed by atoms with E-state index in [-0.39, 0.29) is 11.9 Å². The first-order valence-electron chi connectivity index (χ1n) is 7.16. The van der Waals surface area contributed by atoms with Crippen LogP contribution in [0.3, 0.4) is 0 Å². The van der Waals surface area contributed by atoms with Gasteiger partial charge in [0.05, 0.1) is 12.7 Å². The van der Waals surface area contributed by atoms with E-state index in [1.807, 2.05) is 38.4 Å². The number of amides is 1. The number of benzene rings is 1. The largest absolute Gasteiger partial charge is 0.496 e. The summed E-state index contributed by atoms with van der Waals surface area (Å²) in [6.45, 7) is 2.02. The van der Waals surface area contributed by atoms with Crippen molar-refractivity contribution in [3.05, 3.63) is 53.9 Å². The number of nitrogens with one attached hydrogen (secondary N) is 1. The van der Waals surface area contributed by atoms with Crippen LogP contribution in [0.4, 0.5) is 0 Å². The summed E-state index contributed by atoms with van der Waals surface area (Å²) in [6.07, 6.45) is 3.88. The van der Waals surface area contributed by atoms with Crippen LogP contribution in [0, 0.1) is 0 Å². The first-order chi connectivity index (χ1) is 10.1. The summed E-state index contributed by atoms with van der Waals surface area (Å²) in [5, 5.41) is 3.02. The lowest BCUT2D eigenvalue weighted by Crippen LogP contribution is -2.33. The van der Waals surface area contributed by atoms with Gasteiger partial charge in [0.2, 0.25) is 0 Å². The summed E-state index contributed by atoms with van der Waals surface area (Å²) in [5.41, 5.74) is 1.85. The Hall–Kier alpha value is -2.23. The highest BCUT2D eigenvalue weighted by Gasteiger charge is 2.14. The average molecular weight is 286 g/mol. The molecule has 1 aromatic heterocycles. The minimum absolute atomic E-state index is 0.0909. The summed E-state index contributed by atoms with van der Waals surface area (Å²) in [7, 11) is 3.61. The summed E-state index contributed by atoms with van der Waals surface area (Å²) < 4.78 is 7.32. The van der Waals surface area contributed by atoms with Gasteiger partial charge in [-0.15, -0.1) is 0 Å². The lowest BCUT2D eigenvalue weighted by atomic mass is 10.1. The fourth-order valence-corrected chi connectivity index (χ4v) is 2.33. The molecule has 0 spiro atoms. The molecule has 0 fully saturated rings. The number of rotatable bonds is 6. The van der Waals surface area contributed by atoms with E-state index in [9.17, 15) is 4.79 Å². The van der Waals surface area contributed by atoms with Crippen LogP contribution < -0.4 is 10.1 Å². The summed E-state index contributed by atoms with van der Waals surface area (Å²) >= 11 is 0. The zero-order valence-electron chi connectivity index (χ0n) is 12.8. The molecule has 1 amide bonds. The van der Waals surface area contributed by atoms with Gasteiger partial charge in [-0.05, 0) is 44.0 Å². The van der Waals surface area contributed by atoms with Crippen LogP contribution >= 0.6 is 0 Å². The first kappa shape index (κ1) is 15.2. The topological polar surface area (TPSA) is 43.3 Å². The van der Waals surface area contributed by atoms with Crippen molar-refractivity contribution in [3.8, 4) is 5.75 Å². The molecule has 0 saturated carbocycles. The third-order valence-corrected chi connectivity index (χ3v) is 3.61. The van der Waals surface area contributed by atoms with E-state index in [1.165, 1.54) is 5.69 Å². The molecular weight excluding hydrogens is 264 g/mol. The summed E-state index contributed by atoms with van der Waals surface area (Å²) in [4.78, 5) is 12.3. The molecule has 21 heavy (non-hydrogen) atoms. The molecule has 4 nitrogen and oxygen atoms in total. The highest BCUT2D eigenvalue weighted by molar-refractivity contribution is 5.97. The number of nitrogens with zero attached hydrogens (tertiary/aromatic N) is 1. The number of carbonyl (C=O) groups excluding carboxylic acids is 1. The van der Waals surface area contributed by atoms with Gasteiger partial charge in [0.25, 0.3) is 5.91 Å². The van der Waals surface area contributed by atoms with E-state index in [4.69, 9.17) is 4.74 Å². The molecule has 1 atom stereocenters. The number of para-hydroxylation sites is 1. The summed E-state index contributed by atoms with van der Waals surface area (Å²) in [5.74, 6) is 0.511. The molecule has 0 aliphatic carbocycles. The van der Waals surface area contributed by atoms with Gasteiger partial charge in [-0.1, -0.05) is 12.1 Å². The molecule has 0 aliphatic rings. The van der Waals surface area contributed by atoms with Gasteiger partial charge in [0.1, 0.15) is 5.75 Å². The van der Waals surface area contributed by atoms with Gasteiger partial charge >= 0.3 is 0 Å². The van der Waals surface area contributed by atoms with Crippen molar-refractivity contribution in [2.75, 3.05) is 7.11 Å². The Labute approximate surface area is 125 Å². The van der Waals surface area contributed by atoms with Crippen molar-refractivity contribution in [1.82, 2.24) is 9.88 Å². The molecule has 4 heteroatoms. The predicted octanol–water partition coefficient (Wildman–Crippen LogP) is 2.78. The lowest BCUT2D eigenvalue weighted by molar-refractivity contribution is 0.0935. The normalized spacial score (nSPS) is 12.0. The minimum atomic E-state index is -0.0909. The van der Waals surface area contributed by atoms with Gasteiger partial charge in [0.15, 0.2) is 0 Å². The first-order valence-corrected chi connectivity index (χ1v) is 7.16.